The highest BCUT2D eigenvalue weighted by Gasteiger charge is 2.25. The molecule has 5 heteroatoms. The third-order valence-electron chi connectivity index (χ3n) is 3.11. The van der Waals surface area contributed by atoms with Crippen molar-refractivity contribution in [3.05, 3.63) is 0 Å². The molecule has 0 aromatic heterocycles. The molecule has 0 spiro atoms. The second kappa shape index (κ2) is 4.92. The Morgan fingerprint density at radius 3 is 2.47 bits per heavy atom. The molecule has 0 atom stereocenters. The quantitative estimate of drug-likeness (QED) is 0.602. The molecule has 0 aromatic carbocycles. The van der Waals surface area contributed by atoms with E-state index in [1.165, 1.54) is 0 Å². The minimum Gasteiger partial charge on any atom is -0.375 e. The Morgan fingerprint density at radius 1 is 1.33 bits per heavy atom. The van der Waals surface area contributed by atoms with Gasteiger partial charge in [-0.3, -0.25) is 4.79 Å². The zero-order valence-electron chi connectivity index (χ0n) is 9.16. The highest BCUT2D eigenvalue weighted by atomic mass is 16.5. The summed E-state index contributed by atoms with van der Waals surface area (Å²) in [5.41, 5.74) is 0. The molecular formula is C10H19N3O2. The van der Waals surface area contributed by atoms with Gasteiger partial charge in [0.1, 0.15) is 0 Å². The van der Waals surface area contributed by atoms with Gasteiger partial charge in [0.15, 0.2) is 0 Å². The molecule has 2 fully saturated rings. The first-order valence-electron chi connectivity index (χ1n) is 5.56. The monoisotopic (exact) mass is 213 g/mol. The topological polar surface area (TPSA) is 53.6 Å². The Labute approximate surface area is 90.1 Å². The van der Waals surface area contributed by atoms with Crippen LogP contribution in [0.25, 0.3) is 0 Å². The maximum absolute atomic E-state index is 11.7. The Balaban J connectivity index is 1.58. The van der Waals surface area contributed by atoms with Crippen molar-refractivity contribution >= 4 is 5.91 Å². The SMILES string of the molecule is CN(C(=O)CCOC1CNC1)C1CNC1. The summed E-state index contributed by atoms with van der Waals surface area (Å²) in [7, 11) is 1.87. The Kier molecular flexibility index (Phi) is 3.56. The number of rotatable bonds is 5. The van der Waals surface area contributed by atoms with E-state index in [0.29, 0.717) is 25.2 Å². The van der Waals surface area contributed by atoms with Gasteiger partial charge in [-0.05, 0) is 0 Å². The summed E-state index contributed by atoms with van der Waals surface area (Å²) in [6.45, 7) is 4.26. The molecule has 2 aliphatic rings. The lowest BCUT2D eigenvalue weighted by Crippen LogP contribution is -2.57. The van der Waals surface area contributed by atoms with Crippen molar-refractivity contribution in [3.63, 3.8) is 0 Å². The maximum atomic E-state index is 11.7. The molecule has 0 aliphatic carbocycles. The number of amides is 1. The van der Waals surface area contributed by atoms with E-state index >= 15 is 0 Å². The zero-order valence-corrected chi connectivity index (χ0v) is 9.16. The summed E-state index contributed by atoms with van der Waals surface area (Å²) < 4.78 is 5.50. The molecule has 2 rings (SSSR count). The normalized spacial score (nSPS) is 21.9. The average molecular weight is 213 g/mol. The molecule has 2 heterocycles. The molecule has 1 amide bonds. The van der Waals surface area contributed by atoms with E-state index in [2.05, 4.69) is 10.6 Å². The van der Waals surface area contributed by atoms with Gasteiger partial charge in [0.2, 0.25) is 5.91 Å². The zero-order chi connectivity index (χ0) is 10.7. The van der Waals surface area contributed by atoms with Crippen LogP contribution in [-0.2, 0) is 9.53 Å². The number of carbonyl (C=O) groups excluding carboxylic acids is 1. The average Bonchev–Trinajstić information content (AvgIpc) is 2.05. The lowest BCUT2D eigenvalue weighted by atomic mass is 10.1. The van der Waals surface area contributed by atoms with Crippen LogP contribution in [0.15, 0.2) is 0 Å². The molecule has 2 saturated heterocycles. The second-order valence-corrected chi connectivity index (χ2v) is 4.22. The molecular weight excluding hydrogens is 194 g/mol. The number of carbonyl (C=O) groups is 1. The Hall–Kier alpha value is -0.650. The summed E-state index contributed by atoms with van der Waals surface area (Å²) in [6, 6.07) is 0.392. The van der Waals surface area contributed by atoms with Crippen LogP contribution in [-0.4, -0.2) is 62.8 Å². The van der Waals surface area contributed by atoms with E-state index in [1.807, 2.05) is 11.9 Å². The molecule has 0 bridgehead atoms. The summed E-state index contributed by atoms with van der Waals surface area (Å²) in [5.74, 6) is 0.189. The molecule has 86 valence electrons. The molecule has 2 aliphatic heterocycles. The number of hydrogen-bond acceptors (Lipinski definition) is 4. The summed E-state index contributed by atoms with van der Waals surface area (Å²) in [4.78, 5) is 13.5. The number of ether oxygens (including phenoxy) is 1. The lowest BCUT2D eigenvalue weighted by molar-refractivity contribution is -0.134. The minimum absolute atomic E-state index is 0.189. The first-order valence-corrected chi connectivity index (χ1v) is 5.56. The smallest absolute Gasteiger partial charge is 0.224 e. The Morgan fingerprint density at radius 2 is 2.00 bits per heavy atom. The van der Waals surface area contributed by atoms with Crippen molar-refractivity contribution in [1.29, 1.82) is 0 Å². The van der Waals surface area contributed by atoms with Crippen molar-refractivity contribution in [2.45, 2.75) is 18.6 Å². The van der Waals surface area contributed by atoms with Crippen LogP contribution >= 0.6 is 0 Å². The van der Waals surface area contributed by atoms with Crippen LogP contribution in [0.3, 0.4) is 0 Å². The summed E-state index contributed by atoms with van der Waals surface area (Å²) in [5, 5.41) is 6.29. The summed E-state index contributed by atoms with van der Waals surface area (Å²) >= 11 is 0. The van der Waals surface area contributed by atoms with Crippen molar-refractivity contribution in [3.8, 4) is 0 Å². The fourth-order valence-corrected chi connectivity index (χ4v) is 1.62. The van der Waals surface area contributed by atoms with Gasteiger partial charge in [-0.2, -0.15) is 0 Å². The molecule has 2 N–H and O–H groups in total. The van der Waals surface area contributed by atoms with Crippen LogP contribution in [0.1, 0.15) is 6.42 Å². The van der Waals surface area contributed by atoms with Crippen molar-refractivity contribution < 1.29 is 9.53 Å². The van der Waals surface area contributed by atoms with Gasteiger partial charge >= 0.3 is 0 Å². The number of hydrogen-bond donors (Lipinski definition) is 2. The van der Waals surface area contributed by atoms with E-state index in [4.69, 9.17) is 4.74 Å². The van der Waals surface area contributed by atoms with Gasteiger partial charge in [-0.15, -0.1) is 0 Å². The van der Waals surface area contributed by atoms with Gasteiger partial charge in [0.05, 0.1) is 25.2 Å². The Bertz CT molecular complexity index is 227. The number of likely N-dealkylation sites (N-methyl/N-ethyl adjacent to an activating group) is 1. The predicted molar refractivity (Wildman–Crippen MR) is 56.7 cm³/mol. The van der Waals surface area contributed by atoms with Gasteiger partial charge in [0, 0.05) is 33.2 Å². The number of nitrogens with one attached hydrogen (secondary N) is 2. The predicted octanol–water partition coefficient (Wildman–Crippen LogP) is -1.20. The third kappa shape index (κ3) is 2.68. The minimum atomic E-state index is 0.189. The fourth-order valence-electron chi connectivity index (χ4n) is 1.62. The fraction of sp³-hybridized carbons (Fsp3) is 0.900. The largest absolute Gasteiger partial charge is 0.375 e. The van der Waals surface area contributed by atoms with Gasteiger partial charge in [-0.25, -0.2) is 0 Å². The number of nitrogens with zero attached hydrogens (tertiary/aromatic N) is 1. The first kappa shape index (κ1) is 10.9. The molecule has 0 saturated carbocycles. The first-order chi connectivity index (χ1) is 7.27. The van der Waals surface area contributed by atoms with E-state index in [0.717, 1.165) is 26.2 Å². The van der Waals surface area contributed by atoms with E-state index in [-0.39, 0.29) is 5.91 Å². The maximum Gasteiger partial charge on any atom is 0.224 e. The summed E-state index contributed by atoms with van der Waals surface area (Å²) in [6.07, 6.45) is 0.831. The van der Waals surface area contributed by atoms with Gasteiger partial charge in [0.25, 0.3) is 0 Å². The lowest BCUT2D eigenvalue weighted by Gasteiger charge is -2.35. The molecule has 15 heavy (non-hydrogen) atoms. The standard InChI is InChI=1S/C10H19N3O2/c1-13(8-4-11-5-8)10(14)2-3-15-9-6-12-7-9/h8-9,11-12H,2-7H2,1H3. The van der Waals surface area contributed by atoms with E-state index in [9.17, 15) is 4.79 Å². The molecule has 0 radical (unpaired) electrons. The van der Waals surface area contributed by atoms with Gasteiger partial charge in [-0.1, -0.05) is 0 Å². The van der Waals surface area contributed by atoms with Gasteiger partial charge < -0.3 is 20.3 Å². The van der Waals surface area contributed by atoms with Crippen LogP contribution in [0.2, 0.25) is 0 Å². The molecule has 5 nitrogen and oxygen atoms in total. The van der Waals surface area contributed by atoms with Crippen LogP contribution in [0.4, 0.5) is 0 Å². The van der Waals surface area contributed by atoms with Crippen LogP contribution in [0.5, 0.6) is 0 Å². The van der Waals surface area contributed by atoms with Crippen LogP contribution in [0, 0.1) is 0 Å². The molecule has 0 aromatic rings. The van der Waals surface area contributed by atoms with Crippen molar-refractivity contribution in [1.82, 2.24) is 15.5 Å². The van der Waals surface area contributed by atoms with Crippen molar-refractivity contribution in [2.24, 2.45) is 0 Å². The highest BCUT2D eigenvalue weighted by Crippen LogP contribution is 2.05. The van der Waals surface area contributed by atoms with Crippen LogP contribution < -0.4 is 10.6 Å². The van der Waals surface area contributed by atoms with Crippen molar-refractivity contribution in [2.75, 3.05) is 39.8 Å². The van der Waals surface area contributed by atoms with E-state index < -0.39 is 0 Å². The molecule has 0 unspecified atom stereocenters. The highest BCUT2D eigenvalue weighted by molar-refractivity contribution is 5.76. The third-order valence-corrected chi connectivity index (χ3v) is 3.11. The second-order valence-electron chi connectivity index (χ2n) is 4.22. The van der Waals surface area contributed by atoms with E-state index in [1.54, 1.807) is 0 Å².